The van der Waals surface area contributed by atoms with Crippen molar-refractivity contribution in [1.29, 1.82) is 0 Å². The summed E-state index contributed by atoms with van der Waals surface area (Å²) < 4.78 is 1.82. The Labute approximate surface area is 191 Å². The molecule has 2 aliphatic rings. The summed E-state index contributed by atoms with van der Waals surface area (Å²) in [5, 5.41) is 12.5. The van der Waals surface area contributed by atoms with Crippen molar-refractivity contribution in [3.8, 4) is 5.69 Å². The van der Waals surface area contributed by atoms with Crippen molar-refractivity contribution < 1.29 is 9.59 Å². The maximum atomic E-state index is 12.7. The van der Waals surface area contributed by atoms with Crippen LogP contribution in [0.4, 0.5) is 0 Å². The summed E-state index contributed by atoms with van der Waals surface area (Å²) in [6.45, 7) is 1.47. The summed E-state index contributed by atoms with van der Waals surface area (Å²) in [5.41, 5.74) is 0.857. The molecule has 0 unspecified atom stereocenters. The Hall–Kier alpha value is -2.06. The van der Waals surface area contributed by atoms with Gasteiger partial charge < -0.3 is 10.2 Å². The molecular formula is C22H28ClN5O2S. The van der Waals surface area contributed by atoms with Crippen LogP contribution in [0.15, 0.2) is 35.7 Å². The average molecular weight is 462 g/mol. The van der Waals surface area contributed by atoms with E-state index in [0.717, 1.165) is 44.5 Å². The number of piperidine rings is 1. The summed E-state index contributed by atoms with van der Waals surface area (Å²) in [4.78, 5) is 27.2. The number of thioether (sulfide) groups is 1. The highest BCUT2D eigenvalue weighted by Gasteiger charge is 2.29. The molecule has 4 rings (SSSR count). The van der Waals surface area contributed by atoms with E-state index in [9.17, 15) is 9.59 Å². The zero-order valence-electron chi connectivity index (χ0n) is 17.5. The molecule has 166 valence electrons. The van der Waals surface area contributed by atoms with Crippen LogP contribution < -0.4 is 5.32 Å². The first kappa shape index (κ1) is 22.1. The number of hydrogen-bond acceptors (Lipinski definition) is 5. The maximum Gasteiger partial charge on any atom is 0.230 e. The van der Waals surface area contributed by atoms with Gasteiger partial charge in [0, 0.05) is 30.1 Å². The fourth-order valence-corrected chi connectivity index (χ4v) is 5.30. The molecule has 0 atom stereocenters. The molecule has 0 spiro atoms. The van der Waals surface area contributed by atoms with Gasteiger partial charge in [-0.25, -0.2) is 0 Å². The molecule has 1 saturated carbocycles. The highest BCUT2D eigenvalue weighted by Crippen LogP contribution is 2.27. The number of hydrogen-bond donors (Lipinski definition) is 1. The third-order valence-electron chi connectivity index (χ3n) is 6.06. The van der Waals surface area contributed by atoms with Crippen LogP contribution in [0.2, 0.25) is 5.02 Å². The van der Waals surface area contributed by atoms with E-state index < -0.39 is 0 Å². The number of aromatic nitrogens is 3. The van der Waals surface area contributed by atoms with Crippen LogP contribution >= 0.6 is 23.4 Å². The number of nitrogens with zero attached hydrogens (tertiary/aromatic N) is 4. The normalized spacial score (nSPS) is 18.2. The Balaban J connectivity index is 1.23. The van der Waals surface area contributed by atoms with Gasteiger partial charge in [-0.05, 0) is 43.9 Å². The number of halogens is 1. The number of carbonyl (C=O) groups excluding carboxylic acids is 2. The number of nitrogens with one attached hydrogen (secondary N) is 1. The monoisotopic (exact) mass is 461 g/mol. The third-order valence-corrected chi connectivity index (χ3v) is 7.24. The van der Waals surface area contributed by atoms with Crippen LogP contribution in [0.3, 0.4) is 0 Å². The van der Waals surface area contributed by atoms with Crippen LogP contribution in [0.5, 0.6) is 0 Å². The van der Waals surface area contributed by atoms with Gasteiger partial charge in [0.2, 0.25) is 11.8 Å². The molecule has 1 N–H and O–H groups in total. The Morgan fingerprint density at radius 3 is 2.65 bits per heavy atom. The van der Waals surface area contributed by atoms with Crippen molar-refractivity contribution >= 4 is 35.2 Å². The molecule has 0 radical (unpaired) electrons. The first-order valence-electron chi connectivity index (χ1n) is 11.0. The van der Waals surface area contributed by atoms with Crippen molar-refractivity contribution in [3.63, 3.8) is 0 Å². The van der Waals surface area contributed by atoms with Gasteiger partial charge in [0.25, 0.3) is 0 Å². The number of likely N-dealkylation sites (tertiary alicyclic amines) is 1. The van der Waals surface area contributed by atoms with Crippen molar-refractivity contribution in [2.75, 3.05) is 18.8 Å². The van der Waals surface area contributed by atoms with E-state index >= 15 is 0 Å². The van der Waals surface area contributed by atoms with E-state index in [0.29, 0.717) is 16.1 Å². The van der Waals surface area contributed by atoms with Gasteiger partial charge in [-0.1, -0.05) is 48.7 Å². The lowest BCUT2D eigenvalue weighted by Crippen LogP contribution is -2.48. The highest BCUT2D eigenvalue weighted by molar-refractivity contribution is 7.99. The van der Waals surface area contributed by atoms with Crippen molar-refractivity contribution in [1.82, 2.24) is 25.0 Å². The van der Waals surface area contributed by atoms with E-state index in [4.69, 9.17) is 11.6 Å². The minimum Gasteiger partial charge on any atom is -0.353 e. The second kappa shape index (κ2) is 10.5. The first-order chi connectivity index (χ1) is 15.1. The van der Waals surface area contributed by atoms with Crippen LogP contribution in [-0.2, 0) is 9.59 Å². The molecule has 1 saturated heterocycles. The minimum atomic E-state index is -0.0253. The molecule has 1 aromatic carbocycles. The summed E-state index contributed by atoms with van der Waals surface area (Å²) in [6.07, 6.45) is 8.91. The lowest BCUT2D eigenvalue weighted by Gasteiger charge is -2.35. The molecule has 1 aliphatic carbocycles. The number of carbonyl (C=O) groups is 2. The number of amides is 2. The second-order valence-corrected chi connectivity index (χ2v) is 9.63. The lowest BCUT2D eigenvalue weighted by atomic mass is 9.87. The molecule has 0 bridgehead atoms. The second-order valence-electron chi connectivity index (χ2n) is 8.25. The largest absolute Gasteiger partial charge is 0.353 e. The van der Waals surface area contributed by atoms with Gasteiger partial charge in [0.1, 0.15) is 6.33 Å². The van der Waals surface area contributed by atoms with Crippen molar-refractivity contribution in [2.24, 2.45) is 5.92 Å². The predicted octanol–water partition coefficient (Wildman–Crippen LogP) is 3.70. The molecular weight excluding hydrogens is 434 g/mol. The van der Waals surface area contributed by atoms with Gasteiger partial charge in [-0.3, -0.25) is 14.2 Å². The van der Waals surface area contributed by atoms with Gasteiger partial charge >= 0.3 is 0 Å². The molecule has 31 heavy (non-hydrogen) atoms. The van der Waals surface area contributed by atoms with Gasteiger partial charge in [-0.2, -0.15) is 0 Å². The summed E-state index contributed by atoms with van der Waals surface area (Å²) >= 11 is 7.42. The van der Waals surface area contributed by atoms with E-state index in [1.165, 1.54) is 31.0 Å². The third kappa shape index (κ3) is 5.80. The molecule has 1 aliphatic heterocycles. The molecule has 9 heteroatoms. The summed E-state index contributed by atoms with van der Waals surface area (Å²) in [7, 11) is 0. The fraction of sp³-hybridized carbons (Fsp3) is 0.545. The zero-order chi connectivity index (χ0) is 21.6. The topological polar surface area (TPSA) is 80.1 Å². The Morgan fingerprint density at radius 2 is 1.90 bits per heavy atom. The van der Waals surface area contributed by atoms with Gasteiger partial charge in [0.15, 0.2) is 5.16 Å². The molecule has 2 fully saturated rings. The van der Waals surface area contributed by atoms with Crippen molar-refractivity contribution in [2.45, 2.75) is 56.1 Å². The van der Waals surface area contributed by atoms with E-state index in [1.54, 1.807) is 6.33 Å². The standard InChI is InChI=1S/C22H28ClN5O2S/c23-17-7-4-8-19(13-17)28-15-24-26-22(28)31-14-20(29)25-18-9-11-27(12-10-18)21(30)16-5-2-1-3-6-16/h4,7-8,13,15-16,18H,1-3,5-6,9-12,14H2,(H,25,29). The maximum absolute atomic E-state index is 12.7. The first-order valence-corrected chi connectivity index (χ1v) is 12.3. The predicted molar refractivity (Wildman–Crippen MR) is 121 cm³/mol. The molecule has 2 aromatic rings. The molecule has 7 nitrogen and oxygen atoms in total. The minimum absolute atomic E-state index is 0.0253. The van der Waals surface area contributed by atoms with E-state index in [1.807, 2.05) is 33.7 Å². The van der Waals surface area contributed by atoms with Gasteiger partial charge in [-0.15, -0.1) is 10.2 Å². The number of rotatable bonds is 6. The van der Waals surface area contributed by atoms with Gasteiger partial charge in [0.05, 0.1) is 11.4 Å². The summed E-state index contributed by atoms with van der Waals surface area (Å²) in [5.74, 6) is 0.775. The smallest absolute Gasteiger partial charge is 0.230 e. The quantitative estimate of drug-likeness (QED) is 0.663. The van der Waals surface area contributed by atoms with Crippen LogP contribution in [-0.4, -0.2) is 56.4 Å². The lowest BCUT2D eigenvalue weighted by molar-refractivity contribution is -0.137. The Morgan fingerprint density at radius 1 is 1.13 bits per heavy atom. The Kier molecular flexibility index (Phi) is 7.50. The number of benzene rings is 1. The highest BCUT2D eigenvalue weighted by atomic mass is 35.5. The molecule has 1 aromatic heterocycles. The Bertz CT molecular complexity index is 907. The van der Waals surface area contributed by atoms with Crippen LogP contribution in [0, 0.1) is 5.92 Å². The van der Waals surface area contributed by atoms with Crippen LogP contribution in [0.1, 0.15) is 44.9 Å². The fourth-order valence-electron chi connectivity index (χ4n) is 4.38. The van der Waals surface area contributed by atoms with E-state index in [2.05, 4.69) is 15.5 Å². The molecule has 2 amide bonds. The van der Waals surface area contributed by atoms with E-state index in [-0.39, 0.29) is 23.6 Å². The summed E-state index contributed by atoms with van der Waals surface area (Å²) in [6, 6.07) is 7.54. The van der Waals surface area contributed by atoms with Crippen molar-refractivity contribution in [3.05, 3.63) is 35.6 Å². The molecule has 2 heterocycles. The average Bonchev–Trinajstić information content (AvgIpc) is 3.27. The zero-order valence-corrected chi connectivity index (χ0v) is 19.1. The SMILES string of the molecule is O=C(CSc1nncn1-c1cccc(Cl)c1)NC1CCN(C(=O)C2CCCCC2)CC1. The van der Waals surface area contributed by atoms with Crippen LogP contribution in [0.25, 0.3) is 5.69 Å².